The molecule has 3 heteroatoms. The van der Waals surface area contributed by atoms with Gasteiger partial charge in [0.15, 0.2) is 0 Å². The molecule has 1 rings (SSSR count). The van der Waals surface area contributed by atoms with Crippen molar-refractivity contribution >= 4 is 5.97 Å². The summed E-state index contributed by atoms with van der Waals surface area (Å²) in [6.45, 7) is 5.45. The maximum Gasteiger partial charge on any atom is 0.323 e. The van der Waals surface area contributed by atoms with E-state index in [2.05, 4.69) is 12.2 Å². The summed E-state index contributed by atoms with van der Waals surface area (Å²) in [6.07, 6.45) is 3.29. The van der Waals surface area contributed by atoms with Crippen LogP contribution in [0.1, 0.15) is 33.1 Å². The topological polar surface area (TPSA) is 38.3 Å². The van der Waals surface area contributed by atoms with Crippen LogP contribution < -0.4 is 5.32 Å². The van der Waals surface area contributed by atoms with Crippen LogP contribution in [0.3, 0.4) is 0 Å². The number of piperidine rings is 1. The zero-order chi connectivity index (χ0) is 9.68. The van der Waals surface area contributed by atoms with E-state index in [0.29, 0.717) is 12.5 Å². The molecule has 1 aliphatic heterocycles. The average molecular weight is 185 g/mol. The second-order valence-electron chi connectivity index (χ2n) is 3.56. The lowest BCUT2D eigenvalue weighted by Gasteiger charge is -2.27. The predicted octanol–water partition coefficient (Wildman–Crippen LogP) is 1.33. The number of ether oxygens (including phenoxy) is 1. The molecule has 0 aromatic carbocycles. The smallest absolute Gasteiger partial charge is 0.323 e. The third-order valence-electron chi connectivity index (χ3n) is 2.66. The van der Waals surface area contributed by atoms with Crippen LogP contribution in [0, 0.1) is 5.92 Å². The van der Waals surface area contributed by atoms with Gasteiger partial charge in [-0.1, -0.05) is 13.3 Å². The van der Waals surface area contributed by atoms with Gasteiger partial charge in [0, 0.05) is 0 Å². The third kappa shape index (κ3) is 2.99. The molecule has 0 saturated carbocycles. The normalized spacial score (nSPS) is 28.5. The molecule has 2 atom stereocenters. The summed E-state index contributed by atoms with van der Waals surface area (Å²) in [6, 6.07) is -0.0568. The van der Waals surface area contributed by atoms with E-state index in [-0.39, 0.29) is 12.0 Å². The lowest BCUT2D eigenvalue weighted by atomic mass is 9.90. The Hall–Kier alpha value is -0.570. The zero-order valence-electron chi connectivity index (χ0n) is 8.51. The molecule has 13 heavy (non-hydrogen) atoms. The van der Waals surface area contributed by atoms with Gasteiger partial charge in [0.25, 0.3) is 0 Å². The van der Waals surface area contributed by atoms with Crippen LogP contribution in [0.5, 0.6) is 0 Å². The van der Waals surface area contributed by atoms with Crippen molar-refractivity contribution in [2.75, 3.05) is 13.2 Å². The summed E-state index contributed by atoms with van der Waals surface area (Å²) < 4.78 is 4.97. The molecule has 0 amide bonds. The lowest BCUT2D eigenvalue weighted by molar-refractivity contribution is -0.146. The Morgan fingerprint density at radius 1 is 1.54 bits per heavy atom. The highest BCUT2D eigenvalue weighted by Gasteiger charge is 2.26. The van der Waals surface area contributed by atoms with Gasteiger partial charge in [-0.05, 0) is 32.2 Å². The average Bonchev–Trinajstić information content (AvgIpc) is 2.18. The third-order valence-corrected chi connectivity index (χ3v) is 2.66. The molecule has 1 heterocycles. The van der Waals surface area contributed by atoms with Crippen LogP contribution in [0.2, 0.25) is 0 Å². The summed E-state index contributed by atoms with van der Waals surface area (Å²) in [5.74, 6) is 0.608. The van der Waals surface area contributed by atoms with Crippen molar-refractivity contribution in [1.82, 2.24) is 5.32 Å². The highest BCUT2D eigenvalue weighted by atomic mass is 16.5. The van der Waals surface area contributed by atoms with Crippen molar-refractivity contribution in [3.63, 3.8) is 0 Å². The molecule has 1 N–H and O–H groups in total. The van der Waals surface area contributed by atoms with Gasteiger partial charge in [-0.15, -0.1) is 0 Å². The number of hydrogen-bond donors (Lipinski definition) is 1. The number of carbonyl (C=O) groups is 1. The van der Waals surface area contributed by atoms with Crippen molar-refractivity contribution < 1.29 is 9.53 Å². The van der Waals surface area contributed by atoms with Gasteiger partial charge in [0.1, 0.15) is 6.04 Å². The molecule has 1 fully saturated rings. The Kier molecular flexibility index (Phi) is 4.22. The monoisotopic (exact) mass is 185 g/mol. The summed E-state index contributed by atoms with van der Waals surface area (Å²) in [5, 5.41) is 3.19. The molecule has 1 saturated heterocycles. The van der Waals surface area contributed by atoms with E-state index in [4.69, 9.17) is 4.74 Å². The quantitative estimate of drug-likeness (QED) is 0.674. The minimum atomic E-state index is -0.0827. The number of carbonyl (C=O) groups excluding carboxylic acids is 1. The van der Waals surface area contributed by atoms with Gasteiger partial charge in [-0.3, -0.25) is 4.79 Å². The fourth-order valence-electron chi connectivity index (χ4n) is 1.79. The van der Waals surface area contributed by atoms with Crippen molar-refractivity contribution in [1.29, 1.82) is 0 Å². The van der Waals surface area contributed by atoms with Gasteiger partial charge in [-0.2, -0.15) is 0 Å². The number of nitrogens with one attached hydrogen (secondary N) is 1. The van der Waals surface area contributed by atoms with Crippen molar-refractivity contribution in [3.8, 4) is 0 Å². The first-order valence-corrected chi connectivity index (χ1v) is 5.18. The van der Waals surface area contributed by atoms with E-state index >= 15 is 0 Å². The molecule has 0 radical (unpaired) electrons. The van der Waals surface area contributed by atoms with E-state index in [1.165, 1.54) is 6.42 Å². The van der Waals surface area contributed by atoms with E-state index < -0.39 is 0 Å². The molecule has 0 aromatic heterocycles. The van der Waals surface area contributed by atoms with Crippen LogP contribution in [-0.4, -0.2) is 25.2 Å². The van der Waals surface area contributed by atoms with Crippen LogP contribution in [0.4, 0.5) is 0 Å². The van der Waals surface area contributed by atoms with Gasteiger partial charge in [-0.25, -0.2) is 0 Å². The van der Waals surface area contributed by atoms with Crippen molar-refractivity contribution in [3.05, 3.63) is 0 Å². The molecule has 3 nitrogen and oxygen atoms in total. The molecule has 76 valence electrons. The molecule has 0 bridgehead atoms. The Morgan fingerprint density at radius 2 is 2.31 bits per heavy atom. The zero-order valence-corrected chi connectivity index (χ0v) is 8.51. The highest BCUT2D eigenvalue weighted by Crippen LogP contribution is 2.19. The summed E-state index contributed by atoms with van der Waals surface area (Å²) in [4.78, 5) is 11.4. The van der Waals surface area contributed by atoms with E-state index in [0.717, 1.165) is 19.4 Å². The lowest BCUT2D eigenvalue weighted by Crippen LogP contribution is -2.44. The van der Waals surface area contributed by atoms with Gasteiger partial charge in [0.05, 0.1) is 6.61 Å². The summed E-state index contributed by atoms with van der Waals surface area (Å²) >= 11 is 0. The maximum absolute atomic E-state index is 11.4. The van der Waals surface area contributed by atoms with E-state index in [1.807, 2.05) is 6.92 Å². The van der Waals surface area contributed by atoms with Crippen LogP contribution in [-0.2, 0) is 9.53 Å². The minimum absolute atomic E-state index is 0.0568. The number of hydrogen-bond acceptors (Lipinski definition) is 3. The molecule has 1 aliphatic rings. The Labute approximate surface area is 79.8 Å². The molecular weight excluding hydrogens is 166 g/mol. The standard InChI is InChI=1S/C10H19NO2/c1-3-8-5-6-11-9(7-8)10(12)13-4-2/h8-9,11H,3-7H2,1-2H3/t8-,9+/m1/s1. The fraction of sp³-hybridized carbons (Fsp3) is 0.900. The number of esters is 1. The van der Waals surface area contributed by atoms with Crippen LogP contribution >= 0.6 is 0 Å². The van der Waals surface area contributed by atoms with Crippen molar-refractivity contribution in [2.24, 2.45) is 5.92 Å². The Balaban J connectivity index is 2.37. The molecule has 0 unspecified atom stereocenters. The predicted molar refractivity (Wildman–Crippen MR) is 51.4 cm³/mol. The minimum Gasteiger partial charge on any atom is -0.465 e. The summed E-state index contributed by atoms with van der Waals surface area (Å²) in [7, 11) is 0. The van der Waals surface area contributed by atoms with Crippen LogP contribution in [0.25, 0.3) is 0 Å². The SMILES string of the molecule is CCOC(=O)[C@@H]1C[C@H](CC)CCN1. The van der Waals surface area contributed by atoms with Gasteiger partial charge in [0.2, 0.25) is 0 Å². The Bertz CT molecular complexity index is 170. The second-order valence-corrected chi connectivity index (χ2v) is 3.56. The van der Waals surface area contributed by atoms with E-state index in [9.17, 15) is 4.79 Å². The van der Waals surface area contributed by atoms with E-state index in [1.54, 1.807) is 0 Å². The molecule has 0 spiro atoms. The van der Waals surface area contributed by atoms with Gasteiger partial charge >= 0.3 is 5.97 Å². The molecule has 0 aromatic rings. The van der Waals surface area contributed by atoms with Crippen molar-refractivity contribution in [2.45, 2.75) is 39.2 Å². The van der Waals surface area contributed by atoms with Gasteiger partial charge < -0.3 is 10.1 Å². The van der Waals surface area contributed by atoms with Crippen LogP contribution in [0.15, 0.2) is 0 Å². The molecule has 0 aliphatic carbocycles. The first-order valence-electron chi connectivity index (χ1n) is 5.18. The number of rotatable bonds is 3. The largest absolute Gasteiger partial charge is 0.465 e. The molecular formula is C10H19NO2. The Morgan fingerprint density at radius 3 is 2.92 bits per heavy atom. The first-order chi connectivity index (χ1) is 6.27. The maximum atomic E-state index is 11.4. The summed E-state index contributed by atoms with van der Waals surface area (Å²) in [5.41, 5.74) is 0. The second kappa shape index (κ2) is 5.22. The first kappa shape index (κ1) is 10.5. The fourth-order valence-corrected chi connectivity index (χ4v) is 1.79. The highest BCUT2D eigenvalue weighted by molar-refractivity contribution is 5.75.